The zero-order valence-electron chi connectivity index (χ0n) is 14.9. The number of nitrogens with one attached hydrogen (secondary N) is 1. The van der Waals surface area contributed by atoms with Gasteiger partial charge in [0.15, 0.2) is 17.3 Å². The first-order valence-electron chi connectivity index (χ1n) is 8.51. The fourth-order valence-electron chi connectivity index (χ4n) is 2.93. The normalized spacial score (nSPS) is 12.9. The molecule has 0 spiro atoms. The van der Waals surface area contributed by atoms with Crippen molar-refractivity contribution in [3.8, 4) is 22.8 Å². The average molecular weight is 367 g/mol. The molecule has 0 aliphatic carbocycles. The van der Waals surface area contributed by atoms with Crippen molar-refractivity contribution in [1.82, 2.24) is 5.32 Å². The van der Waals surface area contributed by atoms with Gasteiger partial charge in [-0.05, 0) is 67.9 Å². The Balaban J connectivity index is 1.52. The number of furan rings is 1. The zero-order chi connectivity index (χ0) is 19.0. The molecule has 2 heterocycles. The van der Waals surface area contributed by atoms with Crippen LogP contribution in [0.1, 0.15) is 30.0 Å². The van der Waals surface area contributed by atoms with Gasteiger partial charge in [0.25, 0.3) is 5.91 Å². The van der Waals surface area contributed by atoms with Crippen molar-refractivity contribution in [2.24, 2.45) is 0 Å². The maximum Gasteiger partial charge on any atom is 0.287 e. The SMILES string of the molecule is CC(C)(NC(=O)c1ccc(-c2ccc(F)cc2)o1)c1ccc2c(c1)OCO2. The summed E-state index contributed by atoms with van der Waals surface area (Å²) in [6, 6.07) is 14.8. The van der Waals surface area contributed by atoms with Gasteiger partial charge in [-0.1, -0.05) is 6.07 Å². The molecule has 5 nitrogen and oxygen atoms in total. The molecule has 1 aromatic heterocycles. The second-order valence-electron chi connectivity index (χ2n) is 6.82. The van der Waals surface area contributed by atoms with E-state index in [1.807, 2.05) is 32.0 Å². The van der Waals surface area contributed by atoms with Crippen LogP contribution in [-0.4, -0.2) is 12.7 Å². The van der Waals surface area contributed by atoms with Gasteiger partial charge in [0.1, 0.15) is 11.6 Å². The summed E-state index contributed by atoms with van der Waals surface area (Å²) in [5, 5.41) is 2.96. The summed E-state index contributed by atoms with van der Waals surface area (Å²) in [4.78, 5) is 12.6. The third-order valence-corrected chi connectivity index (χ3v) is 4.48. The third-order valence-electron chi connectivity index (χ3n) is 4.48. The predicted molar refractivity (Wildman–Crippen MR) is 97.2 cm³/mol. The average Bonchev–Trinajstić information content (AvgIpc) is 3.31. The van der Waals surface area contributed by atoms with E-state index in [0.29, 0.717) is 22.8 Å². The largest absolute Gasteiger partial charge is 0.454 e. The first kappa shape index (κ1) is 17.1. The predicted octanol–water partition coefficient (Wildman–Crippen LogP) is 4.48. The summed E-state index contributed by atoms with van der Waals surface area (Å²) in [5.41, 5.74) is 0.928. The van der Waals surface area contributed by atoms with Gasteiger partial charge in [0.2, 0.25) is 6.79 Å². The van der Waals surface area contributed by atoms with Crippen molar-refractivity contribution in [1.29, 1.82) is 0 Å². The van der Waals surface area contributed by atoms with Crippen LogP contribution >= 0.6 is 0 Å². The minimum absolute atomic E-state index is 0.183. The molecule has 1 amide bonds. The lowest BCUT2D eigenvalue weighted by Gasteiger charge is -2.26. The van der Waals surface area contributed by atoms with Crippen LogP contribution in [0.15, 0.2) is 59.0 Å². The molecule has 6 heteroatoms. The van der Waals surface area contributed by atoms with E-state index in [0.717, 1.165) is 5.56 Å². The lowest BCUT2D eigenvalue weighted by atomic mass is 9.93. The van der Waals surface area contributed by atoms with Crippen molar-refractivity contribution in [2.45, 2.75) is 19.4 Å². The Hall–Kier alpha value is -3.28. The topological polar surface area (TPSA) is 60.7 Å². The number of ether oxygens (including phenoxy) is 2. The van der Waals surface area contributed by atoms with Crippen LogP contribution < -0.4 is 14.8 Å². The lowest BCUT2D eigenvalue weighted by molar-refractivity contribution is 0.0884. The van der Waals surface area contributed by atoms with Gasteiger partial charge in [-0.25, -0.2) is 4.39 Å². The molecule has 0 fully saturated rings. The number of benzene rings is 2. The van der Waals surface area contributed by atoms with Crippen LogP contribution in [0.3, 0.4) is 0 Å². The molecule has 138 valence electrons. The van der Waals surface area contributed by atoms with Crippen molar-refractivity contribution >= 4 is 5.91 Å². The number of fused-ring (bicyclic) bond motifs is 1. The van der Waals surface area contributed by atoms with Crippen molar-refractivity contribution in [3.63, 3.8) is 0 Å². The minimum Gasteiger partial charge on any atom is -0.454 e. The van der Waals surface area contributed by atoms with Crippen LogP contribution in [-0.2, 0) is 5.54 Å². The summed E-state index contributed by atoms with van der Waals surface area (Å²) in [6.07, 6.45) is 0. The smallest absolute Gasteiger partial charge is 0.287 e. The minimum atomic E-state index is -0.652. The van der Waals surface area contributed by atoms with Crippen LogP contribution in [0.4, 0.5) is 4.39 Å². The molecule has 1 aliphatic heterocycles. The second-order valence-corrected chi connectivity index (χ2v) is 6.82. The molecule has 3 aromatic rings. The van der Waals surface area contributed by atoms with Gasteiger partial charge in [-0.3, -0.25) is 4.79 Å². The van der Waals surface area contributed by atoms with Crippen molar-refractivity contribution < 1.29 is 23.1 Å². The van der Waals surface area contributed by atoms with Gasteiger partial charge < -0.3 is 19.2 Å². The van der Waals surface area contributed by atoms with Crippen LogP contribution in [0, 0.1) is 5.82 Å². The molecule has 4 rings (SSSR count). The van der Waals surface area contributed by atoms with E-state index in [2.05, 4.69) is 5.32 Å². The van der Waals surface area contributed by atoms with Gasteiger partial charge in [-0.15, -0.1) is 0 Å². The summed E-state index contributed by atoms with van der Waals surface area (Å²) in [6.45, 7) is 3.99. The summed E-state index contributed by atoms with van der Waals surface area (Å²) >= 11 is 0. The number of hydrogen-bond donors (Lipinski definition) is 1. The quantitative estimate of drug-likeness (QED) is 0.739. The van der Waals surface area contributed by atoms with Gasteiger partial charge in [0.05, 0.1) is 5.54 Å². The van der Waals surface area contributed by atoms with E-state index in [4.69, 9.17) is 13.9 Å². The number of hydrogen-bond acceptors (Lipinski definition) is 4. The molecule has 27 heavy (non-hydrogen) atoms. The molecular formula is C21H18FNO4. The van der Waals surface area contributed by atoms with Gasteiger partial charge >= 0.3 is 0 Å². The Bertz CT molecular complexity index is 992. The summed E-state index contributed by atoms with van der Waals surface area (Å²) < 4.78 is 29.4. The molecule has 1 aliphatic rings. The van der Waals surface area contributed by atoms with Crippen LogP contribution in [0.25, 0.3) is 11.3 Å². The van der Waals surface area contributed by atoms with E-state index in [1.165, 1.54) is 12.1 Å². The van der Waals surface area contributed by atoms with Crippen LogP contribution in [0.5, 0.6) is 11.5 Å². The molecule has 0 saturated carbocycles. The number of carbonyl (C=O) groups is 1. The van der Waals surface area contributed by atoms with E-state index in [9.17, 15) is 9.18 Å². The van der Waals surface area contributed by atoms with E-state index < -0.39 is 5.54 Å². The molecule has 0 unspecified atom stereocenters. The van der Waals surface area contributed by atoms with E-state index in [1.54, 1.807) is 24.3 Å². The van der Waals surface area contributed by atoms with Crippen molar-refractivity contribution in [3.05, 3.63) is 71.7 Å². The standard InChI is InChI=1S/C21H18FNO4/c1-21(2,14-5-8-17-19(11-14)26-12-25-17)23-20(24)18-10-9-16(27-18)13-3-6-15(22)7-4-13/h3-11H,12H2,1-2H3,(H,23,24). The fourth-order valence-corrected chi connectivity index (χ4v) is 2.93. The van der Waals surface area contributed by atoms with E-state index >= 15 is 0 Å². The highest BCUT2D eigenvalue weighted by molar-refractivity contribution is 5.92. The van der Waals surface area contributed by atoms with Gasteiger partial charge in [-0.2, -0.15) is 0 Å². The Morgan fingerprint density at radius 1 is 1.00 bits per heavy atom. The van der Waals surface area contributed by atoms with Gasteiger partial charge in [0, 0.05) is 5.56 Å². The molecule has 0 bridgehead atoms. The molecule has 0 radical (unpaired) electrons. The fraction of sp³-hybridized carbons (Fsp3) is 0.190. The Morgan fingerprint density at radius 3 is 2.52 bits per heavy atom. The van der Waals surface area contributed by atoms with E-state index in [-0.39, 0.29) is 24.3 Å². The lowest BCUT2D eigenvalue weighted by Crippen LogP contribution is -2.40. The van der Waals surface area contributed by atoms with Crippen LogP contribution in [0.2, 0.25) is 0 Å². The summed E-state index contributed by atoms with van der Waals surface area (Å²) in [7, 11) is 0. The summed E-state index contributed by atoms with van der Waals surface area (Å²) in [5.74, 6) is 1.37. The molecule has 1 N–H and O–H groups in total. The Kier molecular flexibility index (Phi) is 4.11. The Morgan fingerprint density at radius 2 is 1.74 bits per heavy atom. The monoisotopic (exact) mass is 367 g/mol. The molecule has 0 saturated heterocycles. The first-order valence-corrected chi connectivity index (χ1v) is 8.51. The second kappa shape index (κ2) is 6.46. The first-order chi connectivity index (χ1) is 12.9. The highest BCUT2D eigenvalue weighted by Gasteiger charge is 2.27. The maximum atomic E-state index is 13.1. The highest BCUT2D eigenvalue weighted by atomic mass is 19.1. The molecule has 0 atom stereocenters. The highest BCUT2D eigenvalue weighted by Crippen LogP contribution is 2.35. The number of halogens is 1. The number of amides is 1. The molecule has 2 aromatic carbocycles. The molecular weight excluding hydrogens is 349 g/mol. The zero-order valence-corrected chi connectivity index (χ0v) is 14.9. The number of rotatable bonds is 4. The number of carbonyl (C=O) groups excluding carboxylic acids is 1. The Labute approximate surface area is 155 Å². The maximum absolute atomic E-state index is 13.1. The van der Waals surface area contributed by atoms with Crippen molar-refractivity contribution in [2.75, 3.05) is 6.79 Å². The third kappa shape index (κ3) is 3.38.